The monoisotopic (exact) mass is 322 g/mol. The van der Waals surface area contributed by atoms with Gasteiger partial charge >= 0.3 is 0 Å². The molecule has 0 amide bonds. The topological polar surface area (TPSA) is 26.3 Å². The first-order valence-corrected chi connectivity index (χ1v) is 5.70. The Kier molecular flexibility index (Phi) is 5.17. The van der Waals surface area contributed by atoms with Crippen LogP contribution in [0.1, 0.15) is 23.2 Å². The first-order chi connectivity index (χ1) is 7.15. The van der Waals surface area contributed by atoms with E-state index in [0.29, 0.717) is 28.6 Å². The van der Waals surface area contributed by atoms with Gasteiger partial charge in [0.25, 0.3) is 0 Å². The Balaban J connectivity index is 2.65. The molecule has 1 rings (SSSR count). The third-order valence-corrected chi connectivity index (χ3v) is 2.88. The molecule has 0 fully saturated rings. The Labute approximate surface area is 102 Å². The van der Waals surface area contributed by atoms with Crippen LogP contribution in [0.4, 0.5) is 4.39 Å². The van der Waals surface area contributed by atoms with Gasteiger partial charge in [0.1, 0.15) is 5.82 Å². The van der Waals surface area contributed by atoms with E-state index in [1.165, 1.54) is 18.2 Å². The van der Waals surface area contributed by atoms with Crippen molar-refractivity contribution >= 4 is 28.4 Å². The lowest BCUT2D eigenvalue weighted by Crippen LogP contribution is -2.03. The van der Waals surface area contributed by atoms with Crippen LogP contribution < -0.4 is 0 Å². The molecule has 0 saturated heterocycles. The van der Waals surface area contributed by atoms with E-state index in [9.17, 15) is 9.18 Å². The Morgan fingerprint density at radius 3 is 2.87 bits per heavy atom. The van der Waals surface area contributed by atoms with E-state index < -0.39 is 0 Å². The van der Waals surface area contributed by atoms with Gasteiger partial charge in [-0.15, -0.1) is 0 Å². The predicted octanol–water partition coefficient (Wildman–Crippen LogP) is 3.04. The number of methoxy groups -OCH3 is 1. The minimum Gasteiger partial charge on any atom is -0.385 e. The zero-order valence-electron chi connectivity index (χ0n) is 8.43. The van der Waals surface area contributed by atoms with Gasteiger partial charge in [-0.2, -0.15) is 0 Å². The smallest absolute Gasteiger partial charge is 0.164 e. The summed E-state index contributed by atoms with van der Waals surface area (Å²) in [5.41, 5.74) is 0.591. The molecule has 0 unspecified atom stereocenters. The molecule has 0 spiro atoms. The second-order valence-corrected chi connectivity index (χ2v) is 4.31. The van der Waals surface area contributed by atoms with E-state index >= 15 is 0 Å². The molecule has 1 aromatic carbocycles. The summed E-state index contributed by atoms with van der Waals surface area (Å²) in [6.07, 6.45) is 1.14. The fraction of sp³-hybridized carbons (Fsp3) is 0.364. The molecule has 0 saturated carbocycles. The van der Waals surface area contributed by atoms with Crippen LogP contribution in [-0.2, 0) is 4.74 Å². The van der Waals surface area contributed by atoms with Crippen LogP contribution in [0.25, 0.3) is 0 Å². The summed E-state index contributed by atoms with van der Waals surface area (Å²) < 4.78 is 18.3. The van der Waals surface area contributed by atoms with Crippen LogP contribution in [-0.4, -0.2) is 19.5 Å². The molecule has 0 aliphatic heterocycles. The molecule has 1 aromatic rings. The van der Waals surface area contributed by atoms with Gasteiger partial charge in [0.05, 0.1) is 0 Å². The van der Waals surface area contributed by atoms with E-state index in [2.05, 4.69) is 0 Å². The van der Waals surface area contributed by atoms with Crippen LogP contribution in [0.5, 0.6) is 0 Å². The molecule has 0 aromatic heterocycles. The molecule has 0 aliphatic carbocycles. The van der Waals surface area contributed by atoms with Crippen molar-refractivity contribution in [1.29, 1.82) is 0 Å². The van der Waals surface area contributed by atoms with Gasteiger partial charge in [0, 0.05) is 29.3 Å². The number of hydrogen-bond donors (Lipinski definition) is 0. The molecule has 2 nitrogen and oxygen atoms in total. The van der Waals surface area contributed by atoms with Gasteiger partial charge in [0.15, 0.2) is 5.78 Å². The molecule has 4 heteroatoms. The maximum atomic E-state index is 12.8. The van der Waals surface area contributed by atoms with E-state index in [4.69, 9.17) is 4.74 Å². The predicted molar refractivity (Wildman–Crippen MR) is 64.6 cm³/mol. The van der Waals surface area contributed by atoms with Crippen molar-refractivity contribution in [2.75, 3.05) is 13.7 Å². The Morgan fingerprint density at radius 2 is 2.27 bits per heavy atom. The highest BCUT2D eigenvalue weighted by Gasteiger charge is 2.09. The standard InChI is InChI=1S/C11H12FIO2/c1-15-6-2-3-11(14)9-5-4-8(12)7-10(9)13/h4-5,7H,2-3,6H2,1H3. The fourth-order valence-electron chi connectivity index (χ4n) is 1.23. The zero-order chi connectivity index (χ0) is 11.3. The minimum absolute atomic E-state index is 0.0384. The second kappa shape index (κ2) is 6.17. The first-order valence-electron chi connectivity index (χ1n) is 4.62. The number of hydrogen-bond acceptors (Lipinski definition) is 2. The zero-order valence-corrected chi connectivity index (χ0v) is 10.6. The molecule has 0 aliphatic rings. The van der Waals surface area contributed by atoms with Gasteiger partial charge < -0.3 is 4.74 Å². The molecule has 0 N–H and O–H groups in total. The van der Waals surface area contributed by atoms with Gasteiger partial charge in [-0.05, 0) is 47.2 Å². The van der Waals surface area contributed by atoms with Crippen LogP contribution in [0, 0.1) is 9.39 Å². The lowest BCUT2D eigenvalue weighted by Gasteiger charge is -2.03. The van der Waals surface area contributed by atoms with Crippen molar-refractivity contribution in [3.05, 3.63) is 33.1 Å². The summed E-state index contributed by atoms with van der Waals surface area (Å²) in [5, 5.41) is 0. The molecular weight excluding hydrogens is 310 g/mol. The third kappa shape index (κ3) is 3.87. The molecule has 0 bridgehead atoms. The maximum Gasteiger partial charge on any atom is 0.164 e. The van der Waals surface area contributed by atoms with Gasteiger partial charge in [-0.25, -0.2) is 4.39 Å². The van der Waals surface area contributed by atoms with Crippen molar-refractivity contribution in [3.63, 3.8) is 0 Å². The Morgan fingerprint density at radius 1 is 1.53 bits per heavy atom. The molecular formula is C11H12FIO2. The quantitative estimate of drug-likeness (QED) is 0.473. The average Bonchev–Trinajstić information content (AvgIpc) is 2.17. The normalized spacial score (nSPS) is 10.3. The minimum atomic E-state index is -0.312. The van der Waals surface area contributed by atoms with Crippen molar-refractivity contribution in [2.45, 2.75) is 12.8 Å². The van der Waals surface area contributed by atoms with Crippen molar-refractivity contribution < 1.29 is 13.9 Å². The Hall–Kier alpha value is -0.490. The maximum absolute atomic E-state index is 12.8. The van der Waals surface area contributed by atoms with E-state index in [1.807, 2.05) is 22.6 Å². The van der Waals surface area contributed by atoms with E-state index in [0.717, 1.165) is 0 Å². The molecule has 15 heavy (non-hydrogen) atoms. The van der Waals surface area contributed by atoms with Crippen LogP contribution in [0.15, 0.2) is 18.2 Å². The van der Waals surface area contributed by atoms with Crippen molar-refractivity contribution in [3.8, 4) is 0 Å². The second-order valence-electron chi connectivity index (χ2n) is 3.14. The van der Waals surface area contributed by atoms with E-state index in [1.54, 1.807) is 7.11 Å². The highest BCUT2D eigenvalue weighted by Crippen LogP contribution is 2.16. The lowest BCUT2D eigenvalue weighted by atomic mass is 10.1. The number of ether oxygens (including phenoxy) is 1. The number of carbonyl (C=O) groups is 1. The SMILES string of the molecule is COCCCC(=O)c1ccc(F)cc1I. The molecule has 0 radical (unpaired) electrons. The first kappa shape index (κ1) is 12.6. The average molecular weight is 322 g/mol. The Bertz CT molecular complexity index is 352. The van der Waals surface area contributed by atoms with Crippen LogP contribution in [0.3, 0.4) is 0 Å². The summed E-state index contributed by atoms with van der Waals surface area (Å²) in [4.78, 5) is 11.7. The molecule has 0 atom stereocenters. The highest BCUT2D eigenvalue weighted by atomic mass is 127. The largest absolute Gasteiger partial charge is 0.385 e. The number of carbonyl (C=O) groups excluding carboxylic acids is 1. The van der Waals surface area contributed by atoms with Crippen molar-refractivity contribution in [2.24, 2.45) is 0 Å². The van der Waals surface area contributed by atoms with Gasteiger partial charge in [-0.1, -0.05) is 0 Å². The number of benzene rings is 1. The summed E-state index contributed by atoms with van der Waals surface area (Å²) in [7, 11) is 1.60. The number of rotatable bonds is 5. The van der Waals surface area contributed by atoms with Gasteiger partial charge in [0.2, 0.25) is 0 Å². The summed E-state index contributed by atoms with van der Waals surface area (Å²) in [5.74, 6) is -0.274. The van der Waals surface area contributed by atoms with Crippen LogP contribution >= 0.6 is 22.6 Å². The van der Waals surface area contributed by atoms with Crippen molar-refractivity contribution in [1.82, 2.24) is 0 Å². The molecule has 0 heterocycles. The number of Topliss-reactive ketones (excluding diaryl/α,β-unsaturated/α-hetero) is 1. The number of halogens is 2. The summed E-state index contributed by atoms with van der Waals surface area (Å²) in [6.45, 7) is 0.573. The van der Waals surface area contributed by atoms with Gasteiger partial charge in [-0.3, -0.25) is 4.79 Å². The highest BCUT2D eigenvalue weighted by molar-refractivity contribution is 14.1. The molecule has 82 valence electrons. The van der Waals surface area contributed by atoms with Crippen LogP contribution in [0.2, 0.25) is 0 Å². The lowest BCUT2D eigenvalue weighted by molar-refractivity contribution is 0.0962. The summed E-state index contributed by atoms with van der Waals surface area (Å²) in [6, 6.07) is 4.21. The summed E-state index contributed by atoms with van der Waals surface area (Å²) >= 11 is 1.97. The number of ketones is 1. The third-order valence-electron chi connectivity index (χ3n) is 1.98. The van der Waals surface area contributed by atoms with E-state index in [-0.39, 0.29) is 11.6 Å². The fourth-order valence-corrected chi connectivity index (χ4v) is 2.01.